The maximum absolute atomic E-state index is 5.64. The van der Waals surface area contributed by atoms with Crippen molar-refractivity contribution in [1.29, 1.82) is 0 Å². The number of hydrogen-bond donors (Lipinski definition) is 1. The zero-order valence-electron chi connectivity index (χ0n) is 11.9. The Balaban J connectivity index is 1.89. The summed E-state index contributed by atoms with van der Waals surface area (Å²) in [5.41, 5.74) is 5.91. The van der Waals surface area contributed by atoms with E-state index in [2.05, 4.69) is 36.4 Å². The van der Waals surface area contributed by atoms with Gasteiger partial charge in [0.25, 0.3) is 0 Å². The minimum absolute atomic E-state index is 0.636. The summed E-state index contributed by atoms with van der Waals surface area (Å²) in [6.07, 6.45) is 0.763. The van der Waals surface area contributed by atoms with E-state index in [9.17, 15) is 0 Å². The Morgan fingerprint density at radius 2 is 2.10 bits per heavy atom. The zero-order chi connectivity index (χ0) is 14.8. The molecule has 1 aromatic heterocycles. The predicted molar refractivity (Wildman–Crippen MR) is 85.9 cm³/mol. The molecular formula is C15H15BrN4O. The van der Waals surface area contributed by atoms with E-state index >= 15 is 0 Å². The van der Waals surface area contributed by atoms with Gasteiger partial charge in [0, 0.05) is 28.2 Å². The topological polar surface area (TPSA) is 59.4 Å². The Hall–Kier alpha value is -1.95. The third kappa shape index (κ3) is 3.21. The summed E-state index contributed by atoms with van der Waals surface area (Å²) in [6.45, 7) is 4.44. The SMILES string of the molecule is Cc1cc(NN=C2CCOc3ccc(Br)cc32)nc(C)n1. The Morgan fingerprint density at radius 1 is 1.24 bits per heavy atom. The lowest BCUT2D eigenvalue weighted by Gasteiger charge is -2.19. The van der Waals surface area contributed by atoms with Crippen LogP contribution in [-0.4, -0.2) is 22.3 Å². The molecule has 1 aliphatic heterocycles. The zero-order valence-corrected chi connectivity index (χ0v) is 13.4. The van der Waals surface area contributed by atoms with E-state index in [-0.39, 0.29) is 0 Å². The summed E-state index contributed by atoms with van der Waals surface area (Å²) in [7, 11) is 0. The lowest BCUT2D eigenvalue weighted by atomic mass is 10.0. The van der Waals surface area contributed by atoms with Crippen LogP contribution in [0.5, 0.6) is 5.75 Å². The van der Waals surface area contributed by atoms with Gasteiger partial charge in [-0.1, -0.05) is 15.9 Å². The van der Waals surface area contributed by atoms with Crippen molar-refractivity contribution in [3.63, 3.8) is 0 Å². The average Bonchev–Trinajstić information content (AvgIpc) is 2.44. The molecule has 0 saturated carbocycles. The number of aryl methyl sites for hydroxylation is 2. The second-order valence-corrected chi connectivity index (χ2v) is 5.77. The van der Waals surface area contributed by atoms with Gasteiger partial charge >= 0.3 is 0 Å². The third-order valence-corrected chi connectivity index (χ3v) is 3.61. The number of fused-ring (bicyclic) bond motifs is 1. The molecule has 2 aromatic rings. The number of aromatic nitrogens is 2. The van der Waals surface area contributed by atoms with Crippen LogP contribution in [-0.2, 0) is 0 Å². The molecule has 0 aliphatic carbocycles. The first-order valence-corrected chi connectivity index (χ1v) is 7.49. The van der Waals surface area contributed by atoms with Gasteiger partial charge in [-0.15, -0.1) is 0 Å². The monoisotopic (exact) mass is 346 g/mol. The molecule has 0 saturated heterocycles. The van der Waals surface area contributed by atoms with E-state index < -0.39 is 0 Å². The molecule has 1 aromatic carbocycles. The molecule has 0 radical (unpaired) electrons. The van der Waals surface area contributed by atoms with Crippen molar-refractivity contribution in [2.45, 2.75) is 20.3 Å². The molecule has 21 heavy (non-hydrogen) atoms. The highest BCUT2D eigenvalue weighted by Crippen LogP contribution is 2.28. The third-order valence-electron chi connectivity index (χ3n) is 3.12. The molecule has 0 fully saturated rings. The van der Waals surface area contributed by atoms with Crippen molar-refractivity contribution >= 4 is 27.5 Å². The molecule has 5 nitrogen and oxygen atoms in total. The van der Waals surface area contributed by atoms with E-state index in [0.717, 1.165) is 39.4 Å². The van der Waals surface area contributed by atoms with Gasteiger partial charge < -0.3 is 4.74 Å². The maximum Gasteiger partial charge on any atom is 0.150 e. The Labute approximate surface area is 131 Å². The lowest BCUT2D eigenvalue weighted by molar-refractivity contribution is 0.320. The van der Waals surface area contributed by atoms with Crippen molar-refractivity contribution in [3.05, 3.63) is 45.8 Å². The Kier molecular flexibility index (Phi) is 3.88. The highest BCUT2D eigenvalue weighted by atomic mass is 79.9. The van der Waals surface area contributed by atoms with Gasteiger partial charge in [-0.05, 0) is 32.0 Å². The minimum atomic E-state index is 0.636. The minimum Gasteiger partial charge on any atom is -0.492 e. The number of halogens is 1. The largest absolute Gasteiger partial charge is 0.492 e. The van der Waals surface area contributed by atoms with Crippen LogP contribution >= 0.6 is 15.9 Å². The fraction of sp³-hybridized carbons (Fsp3) is 0.267. The molecule has 0 unspecified atom stereocenters. The number of hydrogen-bond acceptors (Lipinski definition) is 5. The summed E-state index contributed by atoms with van der Waals surface area (Å²) in [4.78, 5) is 8.57. The standard InChI is InChI=1S/C15H15BrN4O/c1-9-7-15(18-10(2)17-9)20-19-13-5-6-21-14-4-3-11(16)8-12(13)14/h3-4,7-8H,5-6H2,1-2H3,(H,17,18,20). The summed E-state index contributed by atoms with van der Waals surface area (Å²) in [6, 6.07) is 7.81. The molecule has 108 valence electrons. The first kappa shape index (κ1) is 14.0. The fourth-order valence-corrected chi connectivity index (χ4v) is 2.62. The molecular weight excluding hydrogens is 332 g/mol. The Bertz CT molecular complexity index is 695. The number of rotatable bonds is 2. The highest BCUT2D eigenvalue weighted by Gasteiger charge is 2.17. The van der Waals surface area contributed by atoms with E-state index in [0.29, 0.717) is 12.4 Å². The first-order valence-electron chi connectivity index (χ1n) is 6.69. The quantitative estimate of drug-likeness (QED) is 0.846. The van der Waals surface area contributed by atoms with Crippen molar-refractivity contribution in [2.75, 3.05) is 12.0 Å². The molecule has 1 N–H and O–H groups in total. The summed E-state index contributed by atoms with van der Waals surface area (Å²) in [5.74, 6) is 2.29. The number of nitrogens with one attached hydrogen (secondary N) is 1. The van der Waals surface area contributed by atoms with Gasteiger partial charge in [0.2, 0.25) is 0 Å². The molecule has 6 heteroatoms. The van der Waals surface area contributed by atoms with Crippen molar-refractivity contribution in [2.24, 2.45) is 5.10 Å². The van der Waals surface area contributed by atoms with Crippen molar-refractivity contribution in [3.8, 4) is 5.75 Å². The van der Waals surface area contributed by atoms with Crippen LogP contribution < -0.4 is 10.2 Å². The fourth-order valence-electron chi connectivity index (χ4n) is 2.26. The van der Waals surface area contributed by atoms with Crippen LogP contribution in [0, 0.1) is 13.8 Å². The summed E-state index contributed by atoms with van der Waals surface area (Å²) < 4.78 is 6.65. The number of nitrogens with zero attached hydrogens (tertiary/aromatic N) is 3. The van der Waals surface area contributed by atoms with Crippen LogP contribution in [0.4, 0.5) is 5.82 Å². The van der Waals surface area contributed by atoms with E-state index in [1.165, 1.54) is 0 Å². The van der Waals surface area contributed by atoms with Crippen LogP contribution in [0.2, 0.25) is 0 Å². The molecule has 0 bridgehead atoms. The molecule has 2 heterocycles. The summed E-state index contributed by atoms with van der Waals surface area (Å²) >= 11 is 3.48. The highest BCUT2D eigenvalue weighted by molar-refractivity contribution is 9.10. The van der Waals surface area contributed by atoms with Gasteiger partial charge in [0.1, 0.15) is 17.4 Å². The molecule has 3 rings (SSSR count). The molecule has 0 spiro atoms. The van der Waals surface area contributed by atoms with Gasteiger partial charge in [0.15, 0.2) is 0 Å². The van der Waals surface area contributed by atoms with Crippen molar-refractivity contribution in [1.82, 2.24) is 9.97 Å². The van der Waals surface area contributed by atoms with Gasteiger partial charge in [-0.3, -0.25) is 5.43 Å². The molecule has 0 atom stereocenters. The van der Waals surface area contributed by atoms with Gasteiger partial charge in [-0.2, -0.15) is 5.10 Å². The van der Waals surface area contributed by atoms with Crippen LogP contribution in [0.15, 0.2) is 33.8 Å². The van der Waals surface area contributed by atoms with Crippen LogP contribution in [0.25, 0.3) is 0 Å². The first-order chi connectivity index (χ1) is 10.1. The number of hydrazone groups is 1. The number of benzene rings is 1. The molecule has 0 amide bonds. The number of anilines is 1. The number of ether oxygens (including phenoxy) is 1. The van der Waals surface area contributed by atoms with Crippen LogP contribution in [0.3, 0.4) is 0 Å². The molecule has 1 aliphatic rings. The predicted octanol–water partition coefficient (Wildman–Crippen LogP) is 3.45. The van der Waals surface area contributed by atoms with E-state index in [1.807, 2.05) is 38.1 Å². The second-order valence-electron chi connectivity index (χ2n) is 4.85. The van der Waals surface area contributed by atoms with Gasteiger partial charge in [-0.25, -0.2) is 9.97 Å². The lowest BCUT2D eigenvalue weighted by Crippen LogP contribution is -2.17. The summed E-state index contributed by atoms with van der Waals surface area (Å²) in [5, 5.41) is 4.49. The van der Waals surface area contributed by atoms with Crippen LogP contribution in [0.1, 0.15) is 23.5 Å². The smallest absolute Gasteiger partial charge is 0.150 e. The van der Waals surface area contributed by atoms with Crippen molar-refractivity contribution < 1.29 is 4.74 Å². The second kappa shape index (κ2) is 5.81. The average molecular weight is 347 g/mol. The Morgan fingerprint density at radius 3 is 2.90 bits per heavy atom. The normalized spacial score (nSPS) is 15.5. The maximum atomic E-state index is 5.64. The van der Waals surface area contributed by atoms with E-state index in [1.54, 1.807) is 0 Å². The van der Waals surface area contributed by atoms with Gasteiger partial charge in [0.05, 0.1) is 12.3 Å². The van der Waals surface area contributed by atoms with E-state index in [4.69, 9.17) is 4.74 Å².